The van der Waals surface area contributed by atoms with E-state index in [-0.39, 0.29) is 0 Å². The lowest BCUT2D eigenvalue weighted by Crippen LogP contribution is -2.18. The second-order valence-corrected chi connectivity index (χ2v) is 4.34. The van der Waals surface area contributed by atoms with Crippen molar-refractivity contribution in [2.24, 2.45) is 0 Å². The van der Waals surface area contributed by atoms with Crippen LogP contribution in [0.3, 0.4) is 0 Å². The van der Waals surface area contributed by atoms with E-state index in [4.69, 9.17) is 11.0 Å². The van der Waals surface area contributed by atoms with E-state index < -0.39 is 0 Å². The Kier molecular flexibility index (Phi) is 3.98. The highest BCUT2D eigenvalue weighted by Crippen LogP contribution is 2.30. The molecule has 1 rings (SSSR count). The van der Waals surface area contributed by atoms with Crippen molar-refractivity contribution < 1.29 is 0 Å². The van der Waals surface area contributed by atoms with Crippen LogP contribution in [0.2, 0.25) is 0 Å². The molecule has 0 atom stereocenters. The van der Waals surface area contributed by atoms with Crippen molar-refractivity contribution in [3.8, 4) is 6.07 Å². The standard InChI is InChI=1S/C11H14BrN3/c1-8-6-11(9(12)7-10(8)14)15(2)5-3-4-13/h6-7H,3,5,14H2,1-2H3. The molecule has 0 saturated heterocycles. The Morgan fingerprint density at radius 1 is 1.53 bits per heavy atom. The molecule has 4 heteroatoms. The van der Waals surface area contributed by atoms with Gasteiger partial charge in [0.25, 0.3) is 0 Å². The monoisotopic (exact) mass is 267 g/mol. The zero-order valence-electron chi connectivity index (χ0n) is 8.92. The number of nitrogen functional groups attached to an aromatic ring is 1. The number of benzene rings is 1. The van der Waals surface area contributed by atoms with Gasteiger partial charge in [0.2, 0.25) is 0 Å². The first kappa shape index (κ1) is 11.9. The number of halogens is 1. The summed E-state index contributed by atoms with van der Waals surface area (Å²) in [7, 11) is 1.97. The quantitative estimate of drug-likeness (QED) is 0.857. The van der Waals surface area contributed by atoms with Gasteiger partial charge >= 0.3 is 0 Å². The fraction of sp³-hybridized carbons (Fsp3) is 0.364. The molecule has 15 heavy (non-hydrogen) atoms. The summed E-state index contributed by atoms with van der Waals surface area (Å²) < 4.78 is 0.964. The lowest BCUT2D eigenvalue weighted by molar-refractivity contribution is 0.902. The molecule has 0 radical (unpaired) electrons. The minimum absolute atomic E-state index is 0.520. The maximum Gasteiger partial charge on any atom is 0.0640 e. The molecule has 0 aliphatic heterocycles. The van der Waals surface area contributed by atoms with Crippen LogP contribution in [0.4, 0.5) is 11.4 Å². The van der Waals surface area contributed by atoms with Gasteiger partial charge < -0.3 is 10.6 Å². The zero-order valence-corrected chi connectivity index (χ0v) is 10.5. The summed E-state index contributed by atoms with van der Waals surface area (Å²) in [5, 5.41) is 8.52. The molecule has 0 aliphatic carbocycles. The van der Waals surface area contributed by atoms with Gasteiger partial charge in [-0.2, -0.15) is 5.26 Å². The van der Waals surface area contributed by atoms with Crippen LogP contribution in [0.25, 0.3) is 0 Å². The van der Waals surface area contributed by atoms with Crippen LogP contribution in [-0.2, 0) is 0 Å². The normalized spacial score (nSPS) is 9.73. The van der Waals surface area contributed by atoms with E-state index in [1.54, 1.807) is 0 Å². The molecule has 3 nitrogen and oxygen atoms in total. The molecule has 0 spiro atoms. The number of aryl methyl sites for hydroxylation is 1. The van der Waals surface area contributed by atoms with E-state index in [0.717, 1.165) is 28.0 Å². The number of anilines is 2. The lowest BCUT2D eigenvalue weighted by atomic mass is 10.1. The highest BCUT2D eigenvalue weighted by atomic mass is 79.9. The zero-order chi connectivity index (χ0) is 11.4. The number of nitriles is 1. The van der Waals surface area contributed by atoms with Crippen LogP contribution >= 0.6 is 15.9 Å². The number of hydrogen-bond donors (Lipinski definition) is 1. The second-order valence-electron chi connectivity index (χ2n) is 3.49. The van der Waals surface area contributed by atoms with Gasteiger partial charge in [-0.3, -0.25) is 0 Å². The van der Waals surface area contributed by atoms with Crippen LogP contribution in [-0.4, -0.2) is 13.6 Å². The van der Waals surface area contributed by atoms with Crippen molar-refractivity contribution in [3.63, 3.8) is 0 Å². The van der Waals surface area contributed by atoms with Crippen molar-refractivity contribution in [2.75, 3.05) is 24.2 Å². The highest BCUT2D eigenvalue weighted by Gasteiger charge is 2.07. The molecule has 0 amide bonds. The maximum absolute atomic E-state index is 8.52. The Hall–Kier alpha value is -1.21. The molecule has 2 N–H and O–H groups in total. The molecule has 80 valence electrons. The molecule has 0 unspecified atom stereocenters. The molecular formula is C11H14BrN3. The fourth-order valence-corrected chi connectivity index (χ4v) is 1.98. The molecule has 0 heterocycles. The van der Waals surface area contributed by atoms with Crippen LogP contribution in [0, 0.1) is 18.3 Å². The third-order valence-corrected chi connectivity index (χ3v) is 2.94. The number of rotatable bonds is 3. The number of hydrogen-bond acceptors (Lipinski definition) is 3. The molecule has 1 aromatic rings. The van der Waals surface area contributed by atoms with E-state index in [9.17, 15) is 0 Å². The summed E-state index contributed by atoms with van der Waals surface area (Å²) in [5.74, 6) is 0. The van der Waals surface area contributed by atoms with Gasteiger partial charge in [0.05, 0.1) is 18.2 Å². The number of nitrogens with two attached hydrogens (primary N) is 1. The first-order chi connectivity index (χ1) is 7.06. The van der Waals surface area contributed by atoms with Gasteiger partial charge in [-0.1, -0.05) is 0 Å². The summed E-state index contributed by atoms with van der Waals surface area (Å²) in [6.07, 6.45) is 0.520. The molecule has 0 saturated carbocycles. The highest BCUT2D eigenvalue weighted by molar-refractivity contribution is 9.10. The molecular weight excluding hydrogens is 254 g/mol. The summed E-state index contributed by atoms with van der Waals surface area (Å²) in [6.45, 7) is 2.70. The van der Waals surface area contributed by atoms with Gasteiger partial charge in [0, 0.05) is 23.8 Å². The SMILES string of the molecule is Cc1cc(N(C)CCC#N)c(Br)cc1N. The molecule has 0 aliphatic rings. The van der Waals surface area contributed by atoms with E-state index in [0.29, 0.717) is 6.42 Å². The Labute approximate surface area is 98.6 Å². The summed E-state index contributed by atoms with van der Waals surface area (Å²) >= 11 is 3.47. The third kappa shape index (κ3) is 2.87. The largest absolute Gasteiger partial charge is 0.398 e. The van der Waals surface area contributed by atoms with Crippen LogP contribution in [0.5, 0.6) is 0 Å². The predicted molar refractivity (Wildman–Crippen MR) is 66.8 cm³/mol. The van der Waals surface area contributed by atoms with Gasteiger partial charge in [-0.05, 0) is 40.5 Å². The summed E-state index contributed by atoms with van der Waals surface area (Å²) in [4.78, 5) is 2.04. The smallest absolute Gasteiger partial charge is 0.0640 e. The second kappa shape index (κ2) is 5.04. The predicted octanol–water partition coefficient (Wildman–Crippen LogP) is 2.69. The van der Waals surface area contributed by atoms with E-state index in [2.05, 4.69) is 22.0 Å². The van der Waals surface area contributed by atoms with Crippen molar-refractivity contribution in [2.45, 2.75) is 13.3 Å². The lowest BCUT2D eigenvalue weighted by Gasteiger charge is -2.20. The first-order valence-corrected chi connectivity index (χ1v) is 5.49. The van der Waals surface area contributed by atoms with Crippen molar-refractivity contribution in [3.05, 3.63) is 22.2 Å². The van der Waals surface area contributed by atoms with E-state index in [1.807, 2.05) is 31.0 Å². The molecule has 0 aromatic heterocycles. The Balaban J connectivity index is 2.94. The topological polar surface area (TPSA) is 53.0 Å². The maximum atomic E-state index is 8.52. The minimum Gasteiger partial charge on any atom is -0.398 e. The fourth-order valence-electron chi connectivity index (χ4n) is 1.31. The average Bonchev–Trinajstić information content (AvgIpc) is 2.20. The average molecular weight is 268 g/mol. The number of nitrogens with zero attached hydrogens (tertiary/aromatic N) is 2. The molecule has 1 aromatic carbocycles. The third-order valence-electron chi connectivity index (χ3n) is 2.31. The van der Waals surface area contributed by atoms with Crippen molar-refractivity contribution in [1.29, 1.82) is 5.26 Å². The van der Waals surface area contributed by atoms with Crippen LogP contribution in [0.1, 0.15) is 12.0 Å². The van der Waals surface area contributed by atoms with Gasteiger partial charge in [0.15, 0.2) is 0 Å². The van der Waals surface area contributed by atoms with E-state index >= 15 is 0 Å². The minimum atomic E-state index is 0.520. The Morgan fingerprint density at radius 3 is 2.80 bits per heavy atom. The Morgan fingerprint density at radius 2 is 2.20 bits per heavy atom. The van der Waals surface area contributed by atoms with Gasteiger partial charge in [0.1, 0.15) is 0 Å². The summed E-state index contributed by atoms with van der Waals surface area (Å²) in [6, 6.07) is 6.05. The van der Waals surface area contributed by atoms with Crippen molar-refractivity contribution >= 4 is 27.3 Å². The molecule has 0 fully saturated rings. The molecule has 0 bridgehead atoms. The first-order valence-electron chi connectivity index (χ1n) is 4.70. The van der Waals surface area contributed by atoms with Crippen molar-refractivity contribution in [1.82, 2.24) is 0 Å². The Bertz CT molecular complexity index is 396. The van der Waals surface area contributed by atoms with E-state index in [1.165, 1.54) is 0 Å². The van der Waals surface area contributed by atoms with Gasteiger partial charge in [-0.25, -0.2) is 0 Å². The van der Waals surface area contributed by atoms with Gasteiger partial charge in [-0.15, -0.1) is 0 Å². The summed E-state index contributed by atoms with van der Waals surface area (Å²) in [5.41, 5.74) is 8.69. The van der Waals surface area contributed by atoms with Crippen LogP contribution < -0.4 is 10.6 Å². The van der Waals surface area contributed by atoms with Crippen LogP contribution in [0.15, 0.2) is 16.6 Å².